The molecule has 226 valence electrons. The maximum Gasteiger partial charge on any atom is 0.161 e. The zero-order chi connectivity index (χ0) is 32.0. The first-order valence-electron chi connectivity index (χ1n) is 15.8. The summed E-state index contributed by atoms with van der Waals surface area (Å²) in [6.07, 6.45) is 3.63. The molecule has 0 aliphatic heterocycles. The molecule has 0 saturated heterocycles. The predicted molar refractivity (Wildman–Crippen MR) is 203 cm³/mol. The van der Waals surface area contributed by atoms with Crippen molar-refractivity contribution < 1.29 is 0 Å². The number of thiophene rings is 1. The minimum atomic E-state index is 0.142. The molecule has 0 unspecified atom stereocenters. The summed E-state index contributed by atoms with van der Waals surface area (Å²) in [5.74, 6) is 1.35. The average molecular weight is 634 g/mol. The van der Waals surface area contributed by atoms with E-state index in [4.69, 9.17) is 20.4 Å². The van der Waals surface area contributed by atoms with Gasteiger partial charge in [0.05, 0.1) is 15.7 Å². The number of nitrogens with zero attached hydrogens (tertiary/aromatic N) is 4. The number of aromatic nitrogens is 2. The first-order chi connectivity index (χ1) is 23.7. The van der Waals surface area contributed by atoms with E-state index in [1.165, 1.54) is 36.3 Å². The first-order valence-corrected chi connectivity index (χ1v) is 16.6. The van der Waals surface area contributed by atoms with Gasteiger partial charge in [-0.3, -0.25) is 9.98 Å². The molecule has 0 amide bonds. The average Bonchev–Trinajstić information content (AvgIpc) is 3.70. The first kappa shape index (κ1) is 28.0. The van der Waals surface area contributed by atoms with Crippen molar-refractivity contribution in [3.8, 4) is 5.82 Å². The van der Waals surface area contributed by atoms with E-state index < -0.39 is 0 Å². The summed E-state index contributed by atoms with van der Waals surface area (Å²) in [6, 6.07) is 49.6. The van der Waals surface area contributed by atoms with Gasteiger partial charge in [0.25, 0.3) is 0 Å². The lowest BCUT2D eigenvalue weighted by Gasteiger charge is -2.10. The van der Waals surface area contributed by atoms with E-state index in [1.807, 2.05) is 78.3 Å². The van der Waals surface area contributed by atoms with E-state index in [9.17, 15) is 0 Å². The molecular formula is C42H27N5S. The Labute approximate surface area is 280 Å². The summed E-state index contributed by atoms with van der Waals surface area (Å²) in [4.78, 5) is 14.6. The Balaban J connectivity index is 1.24. The summed E-state index contributed by atoms with van der Waals surface area (Å²) in [7, 11) is 0. The van der Waals surface area contributed by atoms with Crippen LogP contribution in [0.5, 0.6) is 0 Å². The van der Waals surface area contributed by atoms with E-state index in [0.29, 0.717) is 5.84 Å². The minimum absolute atomic E-state index is 0.142. The highest BCUT2D eigenvalue weighted by molar-refractivity contribution is 7.26. The molecule has 9 rings (SSSR count). The molecule has 3 aromatic heterocycles. The molecule has 6 aromatic carbocycles. The van der Waals surface area contributed by atoms with Crippen molar-refractivity contribution in [1.82, 2.24) is 9.55 Å². The molecule has 5 nitrogen and oxygen atoms in total. The van der Waals surface area contributed by atoms with Crippen LogP contribution in [0.2, 0.25) is 0 Å². The van der Waals surface area contributed by atoms with Gasteiger partial charge in [-0.2, -0.15) is 0 Å². The van der Waals surface area contributed by atoms with Crippen molar-refractivity contribution in [1.29, 1.82) is 5.41 Å². The number of hydrogen-bond donors (Lipinski definition) is 1. The third-order valence-corrected chi connectivity index (χ3v) is 9.98. The Morgan fingerprint density at radius 3 is 2.29 bits per heavy atom. The van der Waals surface area contributed by atoms with Crippen molar-refractivity contribution in [2.45, 2.75) is 0 Å². The Bertz CT molecular complexity index is 2750. The van der Waals surface area contributed by atoms with Crippen LogP contribution in [-0.2, 0) is 0 Å². The number of rotatable bonds is 4. The summed E-state index contributed by atoms with van der Waals surface area (Å²) >= 11 is 1.81. The number of benzene rings is 6. The molecule has 0 bridgehead atoms. The van der Waals surface area contributed by atoms with E-state index >= 15 is 0 Å². The molecule has 48 heavy (non-hydrogen) atoms. The van der Waals surface area contributed by atoms with E-state index in [2.05, 4.69) is 95.6 Å². The van der Waals surface area contributed by atoms with Gasteiger partial charge in [0.2, 0.25) is 0 Å². The predicted octanol–water partition coefficient (Wildman–Crippen LogP) is 10.6. The maximum atomic E-state index is 8.87. The van der Waals surface area contributed by atoms with Gasteiger partial charge >= 0.3 is 0 Å². The van der Waals surface area contributed by atoms with Crippen LogP contribution in [0.3, 0.4) is 0 Å². The number of hydrogen-bond acceptors (Lipinski definition) is 3. The van der Waals surface area contributed by atoms with Crippen LogP contribution < -0.4 is 0 Å². The number of pyridine rings is 1. The van der Waals surface area contributed by atoms with E-state index in [-0.39, 0.29) is 5.84 Å². The fourth-order valence-corrected chi connectivity index (χ4v) is 7.75. The summed E-state index contributed by atoms with van der Waals surface area (Å²) in [6.45, 7) is 0. The molecule has 0 fully saturated rings. The molecule has 0 atom stereocenters. The highest BCUT2D eigenvalue weighted by Gasteiger charge is 2.19. The van der Waals surface area contributed by atoms with Crippen molar-refractivity contribution in [2.24, 2.45) is 9.98 Å². The van der Waals surface area contributed by atoms with Crippen LogP contribution in [0.25, 0.3) is 58.6 Å². The lowest BCUT2D eigenvalue weighted by molar-refractivity contribution is 1.08. The molecule has 3 heterocycles. The number of amidine groups is 2. The topological polar surface area (TPSA) is 66.4 Å². The highest BCUT2D eigenvalue weighted by atomic mass is 32.1. The van der Waals surface area contributed by atoms with Crippen LogP contribution in [0.15, 0.2) is 162 Å². The van der Waals surface area contributed by atoms with Gasteiger partial charge < -0.3 is 0 Å². The summed E-state index contributed by atoms with van der Waals surface area (Å²) in [5, 5.41) is 16.0. The van der Waals surface area contributed by atoms with E-state index in [0.717, 1.165) is 38.9 Å². The molecule has 0 spiro atoms. The number of para-hydroxylation sites is 1. The molecule has 0 aliphatic carbocycles. The fourth-order valence-electron chi connectivity index (χ4n) is 6.51. The minimum Gasteiger partial charge on any atom is -0.292 e. The van der Waals surface area contributed by atoms with Gasteiger partial charge in [-0.15, -0.1) is 11.3 Å². The largest absolute Gasteiger partial charge is 0.292 e. The van der Waals surface area contributed by atoms with Crippen molar-refractivity contribution in [3.05, 3.63) is 168 Å². The molecule has 0 saturated carbocycles. The zero-order valence-electron chi connectivity index (χ0n) is 25.7. The van der Waals surface area contributed by atoms with Crippen LogP contribution >= 0.6 is 11.3 Å². The SMILES string of the molecule is N=C(N=C(N=Cc1ccc2ccccc2c1)c1ccnc(-n2c3ccccc3c3ccc4c5ccccc5sc4c32)c1)c1ccccc1. The van der Waals surface area contributed by atoms with E-state index in [1.54, 1.807) is 0 Å². The summed E-state index contributed by atoms with van der Waals surface area (Å²) < 4.78 is 4.75. The van der Waals surface area contributed by atoms with Gasteiger partial charge in [-0.05, 0) is 46.7 Å². The standard InChI is InChI=1S/C42H27N5S/c43-41(29-11-2-1-3-12-29)46-42(45-26-27-18-19-28-10-4-5-13-30(28)24-27)31-22-23-44-38(25-31)47-36-16-8-6-14-32(36)34-20-21-35-33-15-7-9-17-37(33)48-40(35)39(34)47/h1-26,43H. The van der Waals surface area contributed by atoms with Gasteiger partial charge in [0, 0.05) is 49.8 Å². The second kappa shape index (κ2) is 11.5. The van der Waals surface area contributed by atoms with Gasteiger partial charge in [0.15, 0.2) is 11.7 Å². The third-order valence-electron chi connectivity index (χ3n) is 8.79. The Morgan fingerprint density at radius 2 is 1.40 bits per heavy atom. The number of aliphatic imine (C=N–C) groups is 2. The highest BCUT2D eigenvalue weighted by Crippen LogP contribution is 2.42. The lowest BCUT2D eigenvalue weighted by atomic mass is 10.1. The maximum absolute atomic E-state index is 8.87. The molecule has 0 aliphatic rings. The monoisotopic (exact) mass is 633 g/mol. The second-order valence-corrected chi connectivity index (χ2v) is 12.8. The van der Waals surface area contributed by atoms with Crippen LogP contribution in [-0.4, -0.2) is 27.4 Å². The third kappa shape index (κ3) is 4.78. The molecule has 9 aromatic rings. The lowest BCUT2D eigenvalue weighted by Crippen LogP contribution is -2.07. The smallest absolute Gasteiger partial charge is 0.161 e. The van der Waals surface area contributed by atoms with Crippen molar-refractivity contribution >= 4 is 82.0 Å². The Kier molecular flexibility index (Phi) is 6.73. The van der Waals surface area contributed by atoms with Crippen LogP contribution in [0.4, 0.5) is 0 Å². The summed E-state index contributed by atoms with van der Waals surface area (Å²) in [5.41, 5.74) is 4.66. The van der Waals surface area contributed by atoms with Gasteiger partial charge in [-0.25, -0.2) is 15.0 Å². The fraction of sp³-hybridized carbons (Fsp3) is 0. The second-order valence-electron chi connectivity index (χ2n) is 11.7. The molecular weight excluding hydrogens is 607 g/mol. The Morgan fingerprint density at radius 1 is 0.646 bits per heavy atom. The Hall–Kier alpha value is -6.24. The van der Waals surface area contributed by atoms with Gasteiger partial charge in [-0.1, -0.05) is 115 Å². The normalized spacial score (nSPS) is 12.3. The number of fused-ring (bicyclic) bond motifs is 8. The van der Waals surface area contributed by atoms with Crippen molar-refractivity contribution in [2.75, 3.05) is 0 Å². The van der Waals surface area contributed by atoms with Crippen LogP contribution in [0, 0.1) is 5.41 Å². The molecule has 1 N–H and O–H groups in total. The number of nitrogens with one attached hydrogen (secondary N) is 1. The molecule has 0 radical (unpaired) electrons. The molecule has 6 heteroatoms. The zero-order valence-corrected chi connectivity index (χ0v) is 26.5. The van der Waals surface area contributed by atoms with Gasteiger partial charge in [0.1, 0.15) is 5.82 Å². The quantitative estimate of drug-likeness (QED) is 0.152. The van der Waals surface area contributed by atoms with Crippen molar-refractivity contribution in [3.63, 3.8) is 0 Å². The van der Waals surface area contributed by atoms with Crippen LogP contribution in [0.1, 0.15) is 16.7 Å².